The number of aromatic amines is 1. The number of hydrogen-bond donors (Lipinski definition) is 1. The van der Waals surface area contributed by atoms with Crippen LogP contribution in [0.1, 0.15) is 35.5 Å². The Morgan fingerprint density at radius 3 is 2.78 bits per heavy atom. The van der Waals surface area contributed by atoms with Gasteiger partial charge in [0.25, 0.3) is 5.56 Å². The molecule has 5 rings (SSSR count). The van der Waals surface area contributed by atoms with E-state index in [4.69, 9.17) is 9.72 Å². The second-order valence-corrected chi connectivity index (χ2v) is 8.60. The van der Waals surface area contributed by atoms with Gasteiger partial charge in [0.15, 0.2) is 5.65 Å². The molecule has 0 bridgehead atoms. The Bertz CT molecular complexity index is 1310. The van der Waals surface area contributed by atoms with Crippen LogP contribution in [0.5, 0.6) is 0 Å². The normalized spacial score (nSPS) is 19.5. The molecule has 7 nitrogen and oxygen atoms in total. The molecule has 164 valence electrons. The van der Waals surface area contributed by atoms with E-state index in [0.717, 1.165) is 12.2 Å². The summed E-state index contributed by atoms with van der Waals surface area (Å²) in [5, 5.41) is 4.89. The average Bonchev–Trinajstić information content (AvgIpc) is 3.22. The minimum atomic E-state index is -0.167. The predicted molar refractivity (Wildman–Crippen MR) is 124 cm³/mol. The van der Waals surface area contributed by atoms with Gasteiger partial charge in [0.1, 0.15) is 11.2 Å². The summed E-state index contributed by atoms with van der Waals surface area (Å²) in [6.07, 6.45) is 1.57. The van der Waals surface area contributed by atoms with Crippen molar-refractivity contribution in [1.82, 2.24) is 24.6 Å². The molecule has 32 heavy (non-hydrogen) atoms. The van der Waals surface area contributed by atoms with Gasteiger partial charge in [0.05, 0.1) is 31.1 Å². The largest absolute Gasteiger partial charge is 0.371 e. The highest BCUT2D eigenvalue weighted by atomic mass is 16.5. The Labute approximate surface area is 186 Å². The van der Waals surface area contributed by atoms with Crippen molar-refractivity contribution >= 4 is 11.0 Å². The first-order valence-electron chi connectivity index (χ1n) is 10.9. The lowest BCUT2D eigenvalue weighted by Crippen LogP contribution is -2.45. The van der Waals surface area contributed by atoms with Gasteiger partial charge >= 0.3 is 0 Å². The lowest BCUT2D eigenvalue weighted by atomic mass is 9.99. The smallest absolute Gasteiger partial charge is 0.262 e. The van der Waals surface area contributed by atoms with Crippen LogP contribution in [0.4, 0.5) is 0 Å². The van der Waals surface area contributed by atoms with Crippen LogP contribution in [0.25, 0.3) is 16.7 Å². The molecule has 7 heteroatoms. The van der Waals surface area contributed by atoms with E-state index in [1.54, 1.807) is 10.9 Å². The second-order valence-electron chi connectivity index (χ2n) is 8.60. The fraction of sp³-hybridized carbons (Fsp3) is 0.320. The van der Waals surface area contributed by atoms with Gasteiger partial charge in [0, 0.05) is 12.6 Å². The van der Waals surface area contributed by atoms with Gasteiger partial charge in [-0.15, -0.1) is 0 Å². The van der Waals surface area contributed by atoms with Crippen molar-refractivity contribution in [1.29, 1.82) is 0 Å². The van der Waals surface area contributed by atoms with E-state index < -0.39 is 0 Å². The Hall–Kier alpha value is -3.29. The molecule has 0 saturated carbocycles. The Balaban J connectivity index is 1.45. The number of H-pyrrole nitrogens is 1. The molecule has 1 saturated heterocycles. The van der Waals surface area contributed by atoms with Crippen molar-refractivity contribution in [2.75, 3.05) is 13.2 Å². The standard InChI is InChI=1S/C25H27N5O2/c1-16-9-10-17(2)20(11-16)22-13-29(18(3)15-32-22)14-23-27-24-21(25(31)28-23)12-26-30(24)19-7-5-4-6-8-19/h4-12,18,22H,13-15H2,1-3H3,(H,27,28,31). The van der Waals surface area contributed by atoms with Gasteiger partial charge in [-0.3, -0.25) is 9.69 Å². The molecule has 0 radical (unpaired) electrons. The molecule has 0 spiro atoms. The molecule has 0 aliphatic carbocycles. The molecule has 1 aliphatic rings. The molecule has 2 unspecified atom stereocenters. The van der Waals surface area contributed by atoms with E-state index in [0.29, 0.717) is 30.0 Å². The summed E-state index contributed by atoms with van der Waals surface area (Å²) in [5.74, 6) is 0.633. The van der Waals surface area contributed by atoms with Crippen molar-refractivity contribution < 1.29 is 4.74 Å². The minimum Gasteiger partial charge on any atom is -0.371 e. The average molecular weight is 430 g/mol. The van der Waals surface area contributed by atoms with E-state index >= 15 is 0 Å². The summed E-state index contributed by atoms with van der Waals surface area (Å²) in [7, 11) is 0. The van der Waals surface area contributed by atoms with Crippen LogP contribution in [-0.4, -0.2) is 43.8 Å². The number of benzene rings is 2. The molecule has 2 atom stereocenters. The number of hydrogen-bond acceptors (Lipinski definition) is 5. The minimum absolute atomic E-state index is 0.00333. The van der Waals surface area contributed by atoms with Gasteiger partial charge < -0.3 is 9.72 Å². The molecule has 1 fully saturated rings. The number of aryl methyl sites for hydroxylation is 2. The van der Waals surface area contributed by atoms with Gasteiger partial charge in [-0.25, -0.2) is 9.67 Å². The number of para-hydroxylation sites is 1. The molecule has 4 aromatic rings. The fourth-order valence-electron chi connectivity index (χ4n) is 4.31. The summed E-state index contributed by atoms with van der Waals surface area (Å²) in [6.45, 7) is 8.28. The van der Waals surface area contributed by atoms with Crippen LogP contribution >= 0.6 is 0 Å². The lowest BCUT2D eigenvalue weighted by Gasteiger charge is -2.38. The number of ether oxygens (including phenoxy) is 1. The van der Waals surface area contributed by atoms with Gasteiger partial charge in [-0.1, -0.05) is 42.0 Å². The van der Waals surface area contributed by atoms with Crippen molar-refractivity contribution in [3.63, 3.8) is 0 Å². The van der Waals surface area contributed by atoms with Crippen LogP contribution in [0.15, 0.2) is 59.5 Å². The zero-order chi connectivity index (χ0) is 22.2. The van der Waals surface area contributed by atoms with Crippen molar-refractivity contribution in [2.45, 2.75) is 39.5 Å². The number of nitrogens with one attached hydrogen (secondary N) is 1. The van der Waals surface area contributed by atoms with Crippen LogP contribution in [0, 0.1) is 13.8 Å². The monoisotopic (exact) mass is 429 g/mol. The molecule has 1 N–H and O–H groups in total. The summed E-state index contributed by atoms with van der Waals surface area (Å²) in [6, 6.07) is 16.4. The molecule has 2 aromatic heterocycles. The summed E-state index contributed by atoms with van der Waals surface area (Å²) < 4.78 is 7.91. The number of nitrogens with zero attached hydrogens (tertiary/aromatic N) is 4. The Morgan fingerprint density at radius 2 is 1.97 bits per heavy atom. The molecule has 3 heterocycles. The molecular formula is C25H27N5O2. The number of aromatic nitrogens is 4. The van der Waals surface area contributed by atoms with Gasteiger partial charge in [-0.2, -0.15) is 5.10 Å². The topological polar surface area (TPSA) is 76.0 Å². The first-order chi connectivity index (χ1) is 15.5. The molecule has 0 amide bonds. The van der Waals surface area contributed by atoms with Gasteiger partial charge in [0.2, 0.25) is 0 Å². The summed E-state index contributed by atoms with van der Waals surface area (Å²) in [5.41, 5.74) is 4.96. The van der Waals surface area contributed by atoms with E-state index in [2.05, 4.69) is 54.0 Å². The Morgan fingerprint density at radius 1 is 1.16 bits per heavy atom. The number of fused-ring (bicyclic) bond motifs is 1. The van der Waals surface area contributed by atoms with E-state index in [9.17, 15) is 4.79 Å². The zero-order valence-electron chi connectivity index (χ0n) is 18.6. The third kappa shape index (κ3) is 3.85. The first kappa shape index (κ1) is 20.6. The molecular weight excluding hydrogens is 402 g/mol. The Kier molecular flexibility index (Phi) is 5.36. The van der Waals surface area contributed by atoms with E-state index in [1.165, 1.54) is 16.7 Å². The first-order valence-corrected chi connectivity index (χ1v) is 10.9. The second kappa shape index (κ2) is 8.33. The zero-order valence-corrected chi connectivity index (χ0v) is 18.6. The van der Waals surface area contributed by atoms with E-state index in [-0.39, 0.29) is 17.7 Å². The fourth-order valence-corrected chi connectivity index (χ4v) is 4.31. The predicted octanol–water partition coefficient (Wildman–Crippen LogP) is 3.69. The SMILES string of the molecule is Cc1ccc(C)c(C2CN(Cc3nc4c(cnn4-c4ccccc4)c(=O)[nH]3)C(C)CO2)c1. The van der Waals surface area contributed by atoms with E-state index in [1.807, 2.05) is 30.3 Å². The highest BCUT2D eigenvalue weighted by Crippen LogP contribution is 2.28. The maximum atomic E-state index is 12.7. The highest BCUT2D eigenvalue weighted by molar-refractivity contribution is 5.75. The van der Waals surface area contributed by atoms with Crippen LogP contribution < -0.4 is 5.56 Å². The summed E-state index contributed by atoms with van der Waals surface area (Å²) >= 11 is 0. The quantitative estimate of drug-likeness (QED) is 0.536. The third-order valence-corrected chi connectivity index (χ3v) is 6.18. The number of morpholine rings is 1. The lowest BCUT2D eigenvalue weighted by molar-refractivity contribution is -0.0643. The van der Waals surface area contributed by atoms with Gasteiger partial charge in [-0.05, 0) is 44.0 Å². The van der Waals surface area contributed by atoms with Crippen LogP contribution in [0.2, 0.25) is 0 Å². The van der Waals surface area contributed by atoms with Crippen molar-refractivity contribution in [3.8, 4) is 5.69 Å². The highest BCUT2D eigenvalue weighted by Gasteiger charge is 2.29. The van der Waals surface area contributed by atoms with Crippen LogP contribution in [0.3, 0.4) is 0 Å². The third-order valence-electron chi connectivity index (χ3n) is 6.18. The maximum Gasteiger partial charge on any atom is 0.262 e. The maximum absolute atomic E-state index is 12.7. The molecule has 1 aliphatic heterocycles. The van der Waals surface area contributed by atoms with Crippen molar-refractivity contribution in [3.05, 3.63) is 87.6 Å². The van der Waals surface area contributed by atoms with Crippen LogP contribution in [-0.2, 0) is 11.3 Å². The number of rotatable bonds is 4. The summed E-state index contributed by atoms with van der Waals surface area (Å²) in [4.78, 5) is 22.8. The molecule has 2 aromatic carbocycles. The van der Waals surface area contributed by atoms with Crippen molar-refractivity contribution in [2.24, 2.45) is 0 Å².